The van der Waals surface area contributed by atoms with Crippen molar-refractivity contribution in [3.63, 3.8) is 0 Å². The number of amides is 1. The van der Waals surface area contributed by atoms with Crippen molar-refractivity contribution in [2.45, 2.75) is 5.92 Å². The van der Waals surface area contributed by atoms with E-state index in [4.69, 9.17) is 0 Å². The molecule has 0 saturated carbocycles. The molecular weight excluding hydrogens is 386 g/mol. The molecular formula is C22H17N3O3S. The maximum Gasteiger partial charge on any atom is 0.271 e. The SMILES string of the molecule is Cn1c(=NC(=O)C(c2ccccc2)c2ccccc2)sc2ccc([N+](=O)[O-])cc21. The summed E-state index contributed by atoms with van der Waals surface area (Å²) in [6, 6.07) is 23.7. The minimum atomic E-state index is -0.517. The van der Waals surface area contributed by atoms with Crippen LogP contribution >= 0.6 is 11.3 Å². The lowest BCUT2D eigenvalue weighted by Gasteiger charge is -2.14. The average Bonchev–Trinajstić information content (AvgIpc) is 3.04. The zero-order chi connectivity index (χ0) is 20.4. The van der Waals surface area contributed by atoms with Gasteiger partial charge in [0.2, 0.25) is 0 Å². The van der Waals surface area contributed by atoms with Crippen molar-refractivity contribution in [1.29, 1.82) is 0 Å². The lowest BCUT2D eigenvalue weighted by Crippen LogP contribution is -2.18. The fourth-order valence-electron chi connectivity index (χ4n) is 3.26. The summed E-state index contributed by atoms with van der Waals surface area (Å²) in [5.41, 5.74) is 2.42. The monoisotopic (exact) mass is 403 g/mol. The topological polar surface area (TPSA) is 77.5 Å². The van der Waals surface area contributed by atoms with E-state index < -0.39 is 10.8 Å². The number of hydrogen-bond acceptors (Lipinski definition) is 4. The summed E-state index contributed by atoms with van der Waals surface area (Å²) < 4.78 is 2.55. The summed E-state index contributed by atoms with van der Waals surface area (Å²) in [4.78, 5) is 28.8. The molecule has 0 aliphatic heterocycles. The highest BCUT2D eigenvalue weighted by Gasteiger charge is 2.22. The van der Waals surface area contributed by atoms with Crippen LogP contribution < -0.4 is 4.80 Å². The first-order valence-corrected chi connectivity index (χ1v) is 9.78. The van der Waals surface area contributed by atoms with Crippen molar-refractivity contribution in [2.24, 2.45) is 12.0 Å². The second-order valence-electron chi connectivity index (χ2n) is 6.56. The van der Waals surface area contributed by atoms with Crippen LogP contribution in [0.25, 0.3) is 10.2 Å². The van der Waals surface area contributed by atoms with Gasteiger partial charge in [-0.05, 0) is 17.2 Å². The van der Waals surface area contributed by atoms with E-state index in [1.54, 1.807) is 17.7 Å². The Bertz CT molecular complexity index is 1220. The Labute approximate surface area is 170 Å². The lowest BCUT2D eigenvalue weighted by molar-refractivity contribution is -0.384. The molecule has 144 valence electrons. The first-order valence-electron chi connectivity index (χ1n) is 8.97. The fourth-order valence-corrected chi connectivity index (χ4v) is 4.27. The Hall–Kier alpha value is -3.58. The minimum Gasteiger partial charge on any atom is -0.319 e. The van der Waals surface area contributed by atoms with E-state index >= 15 is 0 Å². The normalized spacial score (nSPS) is 11.9. The summed E-state index contributed by atoms with van der Waals surface area (Å²) in [6.07, 6.45) is 0. The molecule has 0 spiro atoms. The largest absolute Gasteiger partial charge is 0.319 e. The van der Waals surface area contributed by atoms with Crippen LogP contribution in [0.1, 0.15) is 17.0 Å². The van der Waals surface area contributed by atoms with Gasteiger partial charge in [0.1, 0.15) is 0 Å². The molecule has 0 saturated heterocycles. The second-order valence-corrected chi connectivity index (χ2v) is 7.57. The molecule has 0 atom stereocenters. The van der Waals surface area contributed by atoms with Crippen molar-refractivity contribution >= 4 is 33.1 Å². The number of thiazole rings is 1. The molecule has 1 aromatic heterocycles. The molecule has 0 radical (unpaired) electrons. The summed E-state index contributed by atoms with van der Waals surface area (Å²) in [5.74, 6) is -0.795. The zero-order valence-corrected chi connectivity index (χ0v) is 16.4. The smallest absolute Gasteiger partial charge is 0.271 e. The molecule has 0 aliphatic carbocycles. The third-order valence-corrected chi connectivity index (χ3v) is 5.83. The van der Waals surface area contributed by atoms with E-state index in [0.29, 0.717) is 10.3 Å². The summed E-state index contributed by atoms with van der Waals surface area (Å²) in [5, 5.41) is 11.1. The van der Waals surface area contributed by atoms with Crippen LogP contribution in [0.15, 0.2) is 83.9 Å². The van der Waals surface area contributed by atoms with E-state index in [-0.39, 0.29) is 11.6 Å². The number of fused-ring (bicyclic) bond motifs is 1. The second kappa shape index (κ2) is 7.81. The van der Waals surface area contributed by atoms with Gasteiger partial charge in [-0.25, -0.2) is 0 Å². The molecule has 3 aromatic carbocycles. The molecule has 0 N–H and O–H groups in total. The molecule has 4 rings (SSSR count). The van der Waals surface area contributed by atoms with Crippen LogP contribution in [0.5, 0.6) is 0 Å². The van der Waals surface area contributed by atoms with E-state index in [2.05, 4.69) is 4.99 Å². The van der Waals surface area contributed by atoms with Crippen LogP contribution in [0.3, 0.4) is 0 Å². The Morgan fingerprint density at radius 3 is 2.14 bits per heavy atom. The number of aryl methyl sites for hydroxylation is 1. The Kier molecular flexibility index (Phi) is 5.05. The minimum absolute atomic E-state index is 0.00947. The highest BCUT2D eigenvalue weighted by atomic mass is 32.1. The molecule has 29 heavy (non-hydrogen) atoms. The summed E-state index contributed by atoms with van der Waals surface area (Å²) in [6.45, 7) is 0. The fraction of sp³-hybridized carbons (Fsp3) is 0.0909. The number of non-ortho nitro benzene ring substituents is 1. The number of benzene rings is 3. The van der Waals surface area contributed by atoms with Gasteiger partial charge in [0.25, 0.3) is 11.6 Å². The number of aromatic nitrogens is 1. The van der Waals surface area contributed by atoms with Gasteiger partial charge in [0, 0.05) is 19.2 Å². The number of carbonyl (C=O) groups is 1. The van der Waals surface area contributed by atoms with Crippen molar-refractivity contribution in [3.8, 4) is 0 Å². The molecule has 1 amide bonds. The quantitative estimate of drug-likeness (QED) is 0.374. The highest BCUT2D eigenvalue weighted by molar-refractivity contribution is 7.16. The molecule has 0 fully saturated rings. The van der Waals surface area contributed by atoms with Crippen molar-refractivity contribution in [3.05, 3.63) is 105 Å². The van der Waals surface area contributed by atoms with Gasteiger partial charge in [-0.2, -0.15) is 4.99 Å². The Balaban J connectivity index is 1.82. The van der Waals surface area contributed by atoms with Crippen LogP contribution in [-0.2, 0) is 11.8 Å². The Morgan fingerprint density at radius 2 is 1.59 bits per heavy atom. The van der Waals surface area contributed by atoms with Crippen molar-refractivity contribution in [1.82, 2.24) is 4.57 Å². The molecule has 0 unspecified atom stereocenters. The predicted octanol–water partition coefficient (Wildman–Crippen LogP) is 4.41. The van der Waals surface area contributed by atoms with Crippen LogP contribution in [0, 0.1) is 10.1 Å². The molecule has 0 aliphatic rings. The number of nitro benzene ring substituents is 1. The van der Waals surface area contributed by atoms with Gasteiger partial charge in [-0.3, -0.25) is 14.9 Å². The molecule has 1 heterocycles. The summed E-state index contributed by atoms with van der Waals surface area (Å²) >= 11 is 1.33. The van der Waals surface area contributed by atoms with Gasteiger partial charge >= 0.3 is 0 Å². The van der Waals surface area contributed by atoms with E-state index in [0.717, 1.165) is 15.8 Å². The average molecular weight is 403 g/mol. The number of rotatable bonds is 4. The standard InChI is InChI=1S/C22H17N3O3S/c1-24-18-14-17(25(27)28)12-13-19(18)29-22(24)23-21(26)20(15-8-4-2-5-9-15)16-10-6-3-7-11-16/h2-14,20H,1H3. The maximum atomic E-state index is 13.2. The van der Waals surface area contributed by atoms with Crippen molar-refractivity contribution < 1.29 is 9.72 Å². The van der Waals surface area contributed by atoms with Gasteiger partial charge in [-0.1, -0.05) is 72.0 Å². The zero-order valence-electron chi connectivity index (χ0n) is 15.6. The number of nitro groups is 1. The van der Waals surface area contributed by atoms with Crippen LogP contribution in [-0.4, -0.2) is 15.4 Å². The van der Waals surface area contributed by atoms with Crippen molar-refractivity contribution in [2.75, 3.05) is 0 Å². The first kappa shape index (κ1) is 18.8. The molecule has 7 heteroatoms. The van der Waals surface area contributed by atoms with Gasteiger partial charge in [0.05, 0.1) is 21.1 Å². The van der Waals surface area contributed by atoms with Crippen LogP contribution in [0.2, 0.25) is 0 Å². The lowest BCUT2D eigenvalue weighted by atomic mass is 9.91. The number of hydrogen-bond donors (Lipinski definition) is 0. The number of carbonyl (C=O) groups excluding carboxylic acids is 1. The molecule has 6 nitrogen and oxygen atoms in total. The Morgan fingerprint density at radius 1 is 1.00 bits per heavy atom. The summed E-state index contributed by atoms with van der Waals surface area (Å²) in [7, 11) is 1.76. The van der Waals surface area contributed by atoms with Gasteiger partial charge < -0.3 is 4.57 Å². The van der Waals surface area contributed by atoms with Crippen LogP contribution in [0.4, 0.5) is 5.69 Å². The van der Waals surface area contributed by atoms with Gasteiger partial charge in [0.15, 0.2) is 4.80 Å². The highest BCUT2D eigenvalue weighted by Crippen LogP contribution is 2.26. The predicted molar refractivity (Wildman–Crippen MR) is 113 cm³/mol. The number of nitrogens with zero attached hydrogens (tertiary/aromatic N) is 3. The maximum absolute atomic E-state index is 13.2. The van der Waals surface area contributed by atoms with E-state index in [1.165, 1.54) is 23.5 Å². The third-order valence-electron chi connectivity index (χ3n) is 4.72. The first-order chi connectivity index (χ1) is 14.0. The van der Waals surface area contributed by atoms with Gasteiger partial charge in [-0.15, -0.1) is 0 Å². The molecule has 0 bridgehead atoms. The molecule has 4 aromatic rings. The third kappa shape index (κ3) is 3.72. The van der Waals surface area contributed by atoms with E-state index in [1.807, 2.05) is 60.7 Å². The van der Waals surface area contributed by atoms with E-state index in [9.17, 15) is 14.9 Å².